The maximum Gasteiger partial charge on any atom is 0.213 e. The summed E-state index contributed by atoms with van der Waals surface area (Å²) in [5, 5.41) is 22.0. The smallest absolute Gasteiger partial charge is 0.213 e. The first kappa shape index (κ1) is 25.2. The van der Waals surface area contributed by atoms with E-state index in [2.05, 4.69) is 21.7 Å². The maximum absolute atomic E-state index is 9.92. The molecule has 3 aromatic heterocycles. The van der Waals surface area contributed by atoms with Crippen LogP contribution >= 0.6 is 0 Å². The van der Waals surface area contributed by atoms with Gasteiger partial charge in [0.05, 0.1) is 35.8 Å². The molecule has 39 heavy (non-hydrogen) atoms. The van der Waals surface area contributed by atoms with Crippen molar-refractivity contribution in [1.29, 1.82) is 0 Å². The molecule has 4 aromatic rings. The minimum absolute atomic E-state index is 0.219. The molecule has 202 valence electrons. The largest absolute Gasteiger partial charge is 0.508 e. The molecule has 0 unspecified atom stereocenters. The van der Waals surface area contributed by atoms with Gasteiger partial charge in [0.15, 0.2) is 0 Å². The first-order valence-electron chi connectivity index (χ1n) is 13.5. The molecular formula is C30H35N7O2. The lowest BCUT2D eigenvalue weighted by atomic mass is 10.0. The molecule has 1 spiro atoms. The second-order valence-electron chi connectivity index (χ2n) is 10.9. The van der Waals surface area contributed by atoms with Gasteiger partial charge in [-0.3, -0.25) is 0 Å². The zero-order valence-corrected chi connectivity index (χ0v) is 22.7. The van der Waals surface area contributed by atoms with Crippen LogP contribution in [0.4, 0.5) is 11.4 Å². The van der Waals surface area contributed by atoms with Crippen molar-refractivity contribution in [1.82, 2.24) is 19.9 Å². The molecule has 1 atom stereocenters. The normalized spacial score (nSPS) is 18.1. The number of hydrogen-bond donors (Lipinski definition) is 4. The van der Waals surface area contributed by atoms with Crippen molar-refractivity contribution in [2.24, 2.45) is 16.1 Å². The van der Waals surface area contributed by atoms with Crippen LogP contribution in [0.25, 0.3) is 16.6 Å². The highest BCUT2D eigenvalue weighted by atomic mass is 16.5. The molecule has 1 aliphatic heterocycles. The molecule has 6 rings (SSSR count). The van der Waals surface area contributed by atoms with E-state index in [1.165, 1.54) is 19.3 Å². The van der Waals surface area contributed by atoms with Gasteiger partial charge in [0.25, 0.3) is 0 Å². The van der Waals surface area contributed by atoms with Gasteiger partial charge in [0.1, 0.15) is 11.6 Å². The summed E-state index contributed by atoms with van der Waals surface area (Å²) in [7, 11) is 1.62. The van der Waals surface area contributed by atoms with Gasteiger partial charge in [-0.05, 0) is 73.4 Å². The Morgan fingerprint density at radius 2 is 2.13 bits per heavy atom. The number of pyridine rings is 1. The molecule has 0 amide bonds. The van der Waals surface area contributed by atoms with E-state index in [1.54, 1.807) is 31.5 Å². The van der Waals surface area contributed by atoms with Gasteiger partial charge in [-0.1, -0.05) is 6.92 Å². The lowest BCUT2D eigenvalue weighted by Crippen LogP contribution is -2.30. The molecule has 9 heteroatoms. The van der Waals surface area contributed by atoms with Gasteiger partial charge < -0.3 is 26.2 Å². The summed E-state index contributed by atoms with van der Waals surface area (Å²) in [4.78, 5) is 9.19. The van der Waals surface area contributed by atoms with Crippen LogP contribution in [0.3, 0.4) is 0 Å². The van der Waals surface area contributed by atoms with Crippen molar-refractivity contribution in [3.05, 3.63) is 65.6 Å². The van der Waals surface area contributed by atoms with E-state index in [-0.39, 0.29) is 5.75 Å². The number of nitrogens with one attached hydrogen (secondary N) is 2. The van der Waals surface area contributed by atoms with E-state index < -0.39 is 0 Å². The number of rotatable bonds is 8. The highest BCUT2D eigenvalue weighted by Gasteiger charge is 2.48. The molecule has 2 aliphatic rings. The van der Waals surface area contributed by atoms with Gasteiger partial charge in [-0.2, -0.15) is 5.10 Å². The van der Waals surface area contributed by atoms with Crippen LogP contribution in [0.2, 0.25) is 0 Å². The summed E-state index contributed by atoms with van der Waals surface area (Å²) in [6.45, 7) is 5.96. The van der Waals surface area contributed by atoms with Crippen molar-refractivity contribution in [2.45, 2.75) is 45.6 Å². The number of phenols is 1. The van der Waals surface area contributed by atoms with Crippen LogP contribution in [0.5, 0.6) is 11.6 Å². The average molecular weight is 526 g/mol. The Balaban J connectivity index is 1.41. The fraction of sp³-hybridized carbons (Fsp3) is 0.367. The number of benzene rings is 1. The van der Waals surface area contributed by atoms with Gasteiger partial charge in [-0.25, -0.2) is 14.5 Å². The minimum Gasteiger partial charge on any atom is -0.508 e. The Bertz CT molecular complexity index is 1570. The summed E-state index contributed by atoms with van der Waals surface area (Å²) >= 11 is 0. The Hall–Kier alpha value is -4.11. The number of ether oxygens (including phenoxy) is 1. The average Bonchev–Trinajstić information content (AvgIpc) is 3.36. The molecule has 1 aromatic carbocycles. The first-order valence-corrected chi connectivity index (χ1v) is 13.5. The van der Waals surface area contributed by atoms with Crippen LogP contribution in [0, 0.1) is 12.3 Å². The Kier molecular flexibility index (Phi) is 6.38. The van der Waals surface area contributed by atoms with Crippen LogP contribution < -0.4 is 21.1 Å². The number of aromatic nitrogens is 3. The number of aromatic hydroxyl groups is 1. The molecule has 1 saturated heterocycles. The van der Waals surface area contributed by atoms with E-state index in [0.717, 1.165) is 64.2 Å². The highest BCUT2D eigenvalue weighted by Crippen LogP contribution is 2.51. The number of nitrogens with two attached hydrogens (primary N) is 1. The second kappa shape index (κ2) is 9.89. The number of nitrogens with zero attached hydrogens (tertiary/aromatic N) is 4. The van der Waals surface area contributed by atoms with Crippen LogP contribution in [0.15, 0.2) is 53.9 Å². The SMILES string of the molecule is CCc1cc(O)ccc1N=C(N)c1cnn2cc(-c3cnc(OC)cc3C)cc2c1NC[C@@H]1CC2(CC2)CN1. The molecule has 1 aliphatic carbocycles. The standard InChI is InChI=1S/C30H35N7O2/c1-4-19-10-22(38)5-6-25(19)36-29(31)24-15-35-37-16-20(23-14-32-27(39-3)9-18(23)2)11-26(37)28(24)33-13-21-12-30(7-8-30)17-34-21/h5-6,9-11,14-16,21,33-34,38H,4,7-8,12-13,17H2,1-3H3,(H2,31,36)/t21-/m0/s1. The molecule has 5 N–H and O–H groups in total. The maximum atomic E-state index is 9.92. The van der Waals surface area contributed by atoms with Gasteiger partial charge in [0.2, 0.25) is 5.88 Å². The third-order valence-electron chi connectivity index (χ3n) is 8.13. The number of aryl methyl sites for hydroxylation is 2. The van der Waals surface area contributed by atoms with Gasteiger partial charge >= 0.3 is 0 Å². The third-order valence-corrected chi connectivity index (χ3v) is 8.13. The molecule has 2 fully saturated rings. The fourth-order valence-electron chi connectivity index (χ4n) is 5.64. The highest BCUT2D eigenvalue weighted by molar-refractivity contribution is 6.06. The van der Waals surface area contributed by atoms with E-state index >= 15 is 0 Å². The van der Waals surface area contributed by atoms with E-state index in [4.69, 9.17) is 20.6 Å². The second-order valence-corrected chi connectivity index (χ2v) is 10.9. The number of aliphatic imine (C=N–C) groups is 1. The van der Waals surface area contributed by atoms with Crippen molar-refractivity contribution in [3.63, 3.8) is 0 Å². The number of anilines is 1. The minimum atomic E-state index is 0.219. The van der Waals surface area contributed by atoms with Crippen LogP contribution in [-0.4, -0.2) is 51.8 Å². The summed E-state index contributed by atoms with van der Waals surface area (Å²) in [6, 6.07) is 9.62. The number of hydrogen-bond acceptors (Lipinski definition) is 7. The van der Waals surface area contributed by atoms with E-state index in [0.29, 0.717) is 23.2 Å². The molecule has 0 bridgehead atoms. The summed E-state index contributed by atoms with van der Waals surface area (Å²) in [5.41, 5.74) is 14.5. The summed E-state index contributed by atoms with van der Waals surface area (Å²) in [6.07, 6.45) is 10.2. The molecular weight excluding hydrogens is 490 g/mol. The van der Waals surface area contributed by atoms with Crippen molar-refractivity contribution in [3.8, 4) is 22.8 Å². The van der Waals surface area contributed by atoms with Gasteiger partial charge in [-0.15, -0.1) is 0 Å². The van der Waals surface area contributed by atoms with Crippen molar-refractivity contribution >= 4 is 22.7 Å². The Labute approximate surface area is 228 Å². The summed E-state index contributed by atoms with van der Waals surface area (Å²) in [5.74, 6) is 1.18. The Morgan fingerprint density at radius 3 is 2.85 bits per heavy atom. The van der Waals surface area contributed by atoms with Crippen LogP contribution in [-0.2, 0) is 6.42 Å². The summed E-state index contributed by atoms with van der Waals surface area (Å²) < 4.78 is 7.17. The molecule has 0 radical (unpaired) electrons. The quantitative estimate of drug-likeness (QED) is 0.196. The molecule has 4 heterocycles. The zero-order valence-electron chi connectivity index (χ0n) is 22.7. The number of amidine groups is 1. The van der Waals surface area contributed by atoms with E-state index in [1.807, 2.05) is 36.8 Å². The monoisotopic (exact) mass is 525 g/mol. The third kappa shape index (κ3) is 4.90. The molecule has 1 saturated carbocycles. The molecule has 9 nitrogen and oxygen atoms in total. The topological polar surface area (TPSA) is 122 Å². The van der Waals surface area contributed by atoms with Gasteiger partial charge in [0, 0.05) is 48.7 Å². The zero-order chi connectivity index (χ0) is 27.1. The fourth-order valence-corrected chi connectivity index (χ4v) is 5.64. The predicted molar refractivity (Wildman–Crippen MR) is 154 cm³/mol. The van der Waals surface area contributed by atoms with E-state index in [9.17, 15) is 5.11 Å². The lowest BCUT2D eigenvalue weighted by molar-refractivity contribution is 0.397. The Morgan fingerprint density at radius 1 is 1.28 bits per heavy atom. The van der Waals surface area contributed by atoms with Crippen molar-refractivity contribution < 1.29 is 9.84 Å². The van der Waals surface area contributed by atoms with Crippen molar-refractivity contribution in [2.75, 3.05) is 25.5 Å². The van der Waals surface area contributed by atoms with Crippen LogP contribution in [0.1, 0.15) is 42.9 Å². The first-order chi connectivity index (χ1) is 18.9. The lowest BCUT2D eigenvalue weighted by Gasteiger charge is -2.17. The number of phenolic OH excluding ortho intramolecular Hbond substituents is 1. The predicted octanol–water partition coefficient (Wildman–Crippen LogP) is 4.57. The number of methoxy groups -OCH3 is 1. The number of fused-ring (bicyclic) bond motifs is 1.